The number of carbonyl (C=O) groups excluding carboxylic acids is 1. The van der Waals surface area contributed by atoms with E-state index in [1.807, 2.05) is 6.07 Å². The predicted molar refractivity (Wildman–Crippen MR) is 131 cm³/mol. The van der Waals surface area contributed by atoms with Crippen molar-refractivity contribution < 1.29 is 9.53 Å². The van der Waals surface area contributed by atoms with Crippen molar-refractivity contribution in [3.8, 4) is 11.3 Å². The Kier molecular flexibility index (Phi) is 6.37. The van der Waals surface area contributed by atoms with E-state index in [1.54, 1.807) is 17.7 Å². The molecule has 0 bridgehead atoms. The number of thioether (sulfide) groups is 1. The average Bonchev–Trinajstić information content (AvgIpc) is 3.45. The number of rotatable bonds is 8. The van der Waals surface area contributed by atoms with Gasteiger partial charge in [0.1, 0.15) is 16.2 Å². The maximum atomic E-state index is 12.1. The van der Waals surface area contributed by atoms with Crippen LogP contribution in [0.15, 0.2) is 41.7 Å². The van der Waals surface area contributed by atoms with Crippen molar-refractivity contribution in [3.05, 3.63) is 47.8 Å². The van der Waals surface area contributed by atoms with Gasteiger partial charge < -0.3 is 4.74 Å². The van der Waals surface area contributed by atoms with E-state index in [-0.39, 0.29) is 11.7 Å². The molecule has 0 unspecified atom stereocenters. The molecule has 5 nitrogen and oxygen atoms in total. The molecule has 0 saturated carbocycles. The molecular weight excluding hydrogens is 438 g/mol. The van der Waals surface area contributed by atoms with E-state index in [1.165, 1.54) is 28.3 Å². The average molecular weight is 464 g/mol. The third-order valence-corrected chi connectivity index (χ3v) is 8.00. The van der Waals surface area contributed by atoms with Gasteiger partial charge in [-0.25, -0.2) is 15.0 Å². The summed E-state index contributed by atoms with van der Waals surface area (Å²) in [5.41, 5.74) is 5.95. The summed E-state index contributed by atoms with van der Waals surface area (Å²) in [5, 5.41) is 2.00. The van der Waals surface area contributed by atoms with Crippen LogP contribution in [0.4, 0.5) is 0 Å². The van der Waals surface area contributed by atoms with Crippen molar-refractivity contribution in [2.45, 2.75) is 50.5 Å². The number of aromatic nitrogens is 3. The summed E-state index contributed by atoms with van der Waals surface area (Å²) >= 11 is 3.06. The Morgan fingerprint density at radius 2 is 1.97 bits per heavy atom. The third kappa shape index (κ3) is 4.11. The predicted octanol–water partition coefficient (Wildman–Crippen LogP) is 6.22. The Morgan fingerprint density at radius 1 is 1.12 bits per heavy atom. The van der Waals surface area contributed by atoms with E-state index in [0.717, 1.165) is 69.9 Å². The molecule has 0 saturated heterocycles. The minimum Gasteiger partial charge on any atom is -0.465 e. The summed E-state index contributed by atoms with van der Waals surface area (Å²) in [5.74, 6) is 0.0668. The molecule has 3 heterocycles. The van der Waals surface area contributed by atoms with Crippen LogP contribution in [0.3, 0.4) is 0 Å². The molecule has 3 aromatic heterocycles. The van der Waals surface area contributed by atoms with Gasteiger partial charge in [0.05, 0.1) is 28.3 Å². The fraction of sp³-hybridized carbons (Fsp3) is 0.360. The molecule has 0 atom stereocenters. The van der Waals surface area contributed by atoms with Crippen LogP contribution in [0.1, 0.15) is 43.7 Å². The molecule has 0 radical (unpaired) electrons. The second-order valence-corrected chi connectivity index (χ2v) is 9.96. The Labute approximate surface area is 195 Å². The molecule has 7 heteroatoms. The number of carbonyl (C=O) groups is 1. The van der Waals surface area contributed by atoms with Gasteiger partial charge in [-0.05, 0) is 36.8 Å². The van der Waals surface area contributed by atoms with Gasteiger partial charge in [0.15, 0.2) is 0 Å². The van der Waals surface area contributed by atoms with Crippen LogP contribution in [-0.2, 0) is 22.4 Å². The van der Waals surface area contributed by atoms with Crippen molar-refractivity contribution in [2.75, 3.05) is 12.4 Å². The lowest BCUT2D eigenvalue weighted by Crippen LogP contribution is -2.08. The summed E-state index contributed by atoms with van der Waals surface area (Å²) in [4.78, 5) is 27.4. The minimum absolute atomic E-state index is 0.190. The number of benzene rings is 1. The van der Waals surface area contributed by atoms with Gasteiger partial charge in [-0.15, -0.1) is 11.3 Å². The lowest BCUT2D eigenvalue weighted by Gasteiger charge is -2.09. The maximum absolute atomic E-state index is 12.1. The van der Waals surface area contributed by atoms with E-state index < -0.39 is 0 Å². The topological polar surface area (TPSA) is 65.0 Å². The number of nitrogens with zero attached hydrogens (tertiary/aromatic N) is 3. The van der Waals surface area contributed by atoms with Gasteiger partial charge in [0.2, 0.25) is 0 Å². The highest BCUT2D eigenvalue weighted by molar-refractivity contribution is 8.00. The van der Waals surface area contributed by atoms with Crippen LogP contribution in [-0.4, -0.2) is 33.3 Å². The molecule has 1 aliphatic rings. The quantitative estimate of drug-likeness (QED) is 0.134. The van der Waals surface area contributed by atoms with Gasteiger partial charge >= 0.3 is 5.97 Å². The number of ether oxygens (including phenoxy) is 1. The highest BCUT2D eigenvalue weighted by atomic mass is 32.2. The summed E-state index contributed by atoms with van der Waals surface area (Å²) in [6, 6.07) is 10.4. The normalized spacial score (nSPS) is 13.0. The van der Waals surface area contributed by atoms with Crippen LogP contribution in [0.25, 0.3) is 31.7 Å². The van der Waals surface area contributed by atoms with Crippen molar-refractivity contribution in [1.29, 1.82) is 0 Å². The SMILES string of the molecule is CCCCCOC(=O)CSc1ncnc2c1sc1nc(-c3ccccc3)c3c(c12)CCC3. The van der Waals surface area contributed by atoms with Crippen molar-refractivity contribution in [1.82, 2.24) is 15.0 Å². The van der Waals surface area contributed by atoms with Crippen LogP contribution in [0, 0.1) is 0 Å². The van der Waals surface area contributed by atoms with Crippen molar-refractivity contribution in [3.63, 3.8) is 0 Å². The number of aryl methyl sites for hydroxylation is 1. The Morgan fingerprint density at radius 3 is 2.81 bits per heavy atom. The van der Waals surface area contributed by atoms with Crippen LogP contribution in [0.2, 0.25) is 0 Å². The van der Waals surface area contributed by atoms with Gasteiger partial charge in [-0.3, -0.25) is 4.79 Å². The van der Waals surface area contributed by atoms with Crippen LogP contribution in [0.5, 0.6) is 0 Å². The molecule has 1 aliphatic carbocycles. The van der Waals surface area contributed by atoms with Crippen molar-refractivity contribution >= 4 is 49.5 Å². The number of unbranched alkanes of at least 4 members (excludes halogenated alkanes) is 2. The number of thiophene rings is 1. The number of hydrogen-bond donors (Lipinski definition) is 0. The number of fused-ring (bicyclic) bond motifs is 5. The number of pyridine rings is 1. The Balaban J connectivity index is 1.49. The summed E-state index contributed by atoms with van der Waals surface area (Å²) < 4.78 is 6.36. The first kappa shape index (κ1) is 21.3. The molecule has 0 N–H and O–H groups in total. The van der Waals surface area contributed by atoms with Crippen LogP contribution < -0.4 is 0 Å². The number of hydrogen-bond acceptors (Lipinski definition) is 7. The van der Waals surface area contributed by atoms with Gasteiger partial charge in [-0.2, -0.15) is 0 Å². The molecule has 0 fully saturated rings. The lowest BCUT2D eigenvalue weighted by molar-refractivity contribution is -0.140. The maximum Gasteiger partial charge on any atom is 0.316 e. The summed E-state index contributed by atoms with van der Waals surface area (Å²) in [7, 11) is 0. The second-order valence-electron chi connectivity index (χ2n) is 7.99. The smallest absolute Gasteiger partial charge is 0.316 e. The van der Waals surface area contributed by atoms with E-state index in [2.05, 4.69) is 41.2 Å². The lowest BCUT2D eigenvalue weighted by atomic mass is 10.0. The summed E-state index contributed by atoms with van der Waals surface area (Å²) in [6.45, 7) is 2.63. The fourth-order valence-electron chi connectivity index (χ4n) is 4.32. The standard InChI is InChI=1S/C25H25N3O2S2/c1-2-3-7-13-30-19(29)14-31-25-23-22(26-15-27-25)20-17-11-8-12-18(17)21(28-24(20)32-23)16-9-5-4-6-10-16/h4-6,9-10,15H,2-3,7-8,11-14H2,1H3. The van der Waals surface area contributed by atoms with E-state index in [9.17, 15) is 4.79 Å². The van der Waals surface area contributed by atoms with Crippen LogP contribution >= 0.6 is 23.1 Å². The third-order valence-electron chi connectivity index (χ3n) is 5.82. The fourth-order valence-corrected chi connectivity index (χ4v) is 6.35. The highest BCUT2D eigenvalue weighted by Crippen LogP contribution is 2.43. The first-order chi connectivity index (χ1) is 15.8. The molecule has 5 rings (SSSR count). The molecule has 4 aromatic rings. The first-order valence-corrected chi connectivity index (χ1v) is 13.0. The molecule has 0 aliphatic heterocycles. The summed E-state index contributed by atoms with van der Waals surface area (Å²) in [6.07, 6.45) is 7.96. The zero-order valence-corrected chi connectivity index (χ0v) is 19.7. The highest BCUT2D eigenvalue weighted by Gasteiger charge is 2.25. The molecule has 1 aromatic carbocycles. The van der Waals surface area contributed by atoms with Gasteiger partial charge in [0.25, 0.3) is 0 Å². The molecule has 32 heavy (non-hydrogen) atoms. The van der Waals surface area contributed by atoms with Gasteiger partial charge in [0, 0.05) is 10.9 Å². The largest absolute Gasteiger partial charge is 0.465 e. The molecule has 0 spiro atoms. The zero-order chi connectivity index (χ0) is 21.9. The molecule has 164 valence electrons. The van der Waals surface area contributed by atoms with E-state index in [0.29, 0.717) is 6.61 Å². The zero-order valence-electron chi connectivity index (χ0n) is 18.1. The monoisotopic (exact) mass is 463 g/mol. The first-order valence-electron chi connectivity index (χ1n) is 11.2. The van der Waals surface area contributed by atoms with E-state index >= 15 is 0 Å². The molecule has 0 amide bonds. The Hall–Kier alpha value is -2.51. The second kappa shape index (κ2) is 9.55. The minimum atomic E-state index is -0.190. The molecular formula is C25H25N3O2S2. The number of esters is 1. The van der Waals surface area contributed by atoms with Crippen molar-refractivity contribution in [2.24, 2.45) is 0 Å². The Bertz CT molecular complexity index is 1270. The van der Waals surface area contributed by atoms with E-state index in [4.69, 9.17) is 9.72 Å². The van der Waals surface area contributed by atoms with Gasteiger partial charge in [-0.1, -0.05) is 61.9 Å².